The van der Waals surface area contributed by atoms with Gasteiger partial charge in [0.2, 0.25) is 0 Å². The van der Waals surface area contributed by atoms with Crippen LogP contribution in [-0.2, 0) is 16.1 Å². The number of ether oxygens (including phenoxy) is 1. The maximum absolute atomic E-state index is 11.5. The number of piperidine rings is 1. The highest BCUT2D eigenvalue weighted by molar-refractivity contribution is 5.72. The van der Waals surface area contributed by atoms with Gasteiger partial charge in [0.05, 0.1) is 19.6 Å². The van der Waals surface area contributed by atoms with E-state index >= 15 is 0 Å². The predicted molar refractivity (Wildman–Crippen MR) is 62.0 cm³/mol. The first-order valence-electron chi connectivity index (χ1n) is 5.85. The van der Waals surface area contributed by atoms with E-state index in [0.717, 1.165) is 31.8 Å². The molecule has 0 aliphatic carbocycles. The number of hydrogen-bond acceptors (Lipinski definition) is 5. The third-order valence-corrected chi connectivity index (χ3v) is 3.02. The SMILES string of the molecule is COC(=O)[C@H]1CCCN(Cc2ncccn2)C1. The molecule has 0 unspecified atom stereocenters. The summed E-state index contributed by atoms with van der Waals surface area (Å²) in [6.07, 6.45) is 5.42. The summed E-state index contributed by atoms with van der Waals surface area (Å²) in [4.78, 5) is 22.1. The molecule has 1 aromatic heterocycles. The molecule has 5 heteroatoms. The standard InChI is InChI=1S/C12H17N3O2/c1-17-12(16)10-4-2-7-15(8-10)9-11-13-5-3-6-14-11/h3,5-6,10H,2,4,7-9H2,1H3/t10-/m0/s1. The molecule has 0 amide bonds. The second-order valence-corrected chi connectivity index (χ2v) is 4.26. The summed E-state index contributed by atoms with van der Waals surface area (Å²) in [6.45, 7) is 2.44. The van der Waals surface area contributed by atoms with Gasteiger partial charge in [-0.3, -0.25) is 9.69 Å². The Labute approximate surface area is 101 Å². The van der Waals surface area contributed by atoms with Crippen molar-refractivity contribution in [1.82, 2.24) is 14.9 Å². The van der Waals surface area contributed by atoms with E-state index in [0.29, 0.717) is 6.54 Å². The molecule has 1 atom stereocenters. The van der Waals surface area contributed by atoms with Gasteiger partial charge in [0.25, 0.3) is 0 Å². The third kappa shape index (κ3) is 3.23. The topological polar surface area (TPSA) is 55.3 Å². The quantitative estimate of drug-likeness (QED) is 0.727. The zero-order valence-corrected chi connectivity index (χ0v) is 10.0. The molecular weight excluding hydrogens is 218 g/mol. The first-order chi connectivity index (χ1) is 8.29. The number of carbonyl (C=O) groups is 1. The molecule has 2 rings (SSSR count). The smallest absolute Gasteiger partial charge is 0.309 e. The van der Waals surface area contributed by atoms with Crippen LogP contribution in [-0.4, -0.2) is 41.0 Å². The Morgan fingerprint density at radius 2 is 2.29 bits per heavy atom. The maximum atomic E-state index is 11.5. The van der Waals surface area contributed by atoms with Crippen molar-refractivity contribution in [2.45, 2.75) is 19.4 Å². The van der Waals surface area contributed by atoms with Gasteiger partial charge in [0.15, 0.2) is 0 Å². The molecule has 0 aromatic carbocycles. The van der Waals surface area contributed by atoms with Crippen LogP contribution in [0.2, 0.25) is 0 Å². The zero-order chi connectivity index (χ0) is 12.1. The van der Waals surface area contributed by atoms with Gasteiger partial charge in [-0.15, -0.1) is 0 Å². The van der Waals surface area contributed by atoms with Crippen LogP contribution in [0, 0.1) is 5.92 Å². The molecule has 92 valence electrons. The summed E-state index contributed by atoms with van der Waals surface area (Å²) in [6, 6.07) is 1.80. The molecule has 17 heavy (non-hydrogen) atoms. The minimum atomic E-state index is -0.108. The Balaban J connectivity index is 1.92. The van der Waals surface area contributed by atoms with Crippen LogP contribution in [0.3, 0.4) is 0 Å². The van der Waals surface area contributed by atoms with Crippen molar-refractivity contribution in [3.05, 3.63) is 24.3 Å². The normalized spacial score (nSPS) is 21.1. The largest absolute Gasteiger partial charge is 0.469 e. The number of rotatable bonds is 3. The van der Waals surface area contributed by atoms with E-state index in [1.54, 1.807) is 18.5 Å². The second-order valence-electron chi connectivity index (χ2n) is 4.26. The number of carbonyl (C=O) groups excluding carboxylic acids is 1. The van der Waals surface area contributed by atoms with Gasteiger partial charge in [-0.25, -0.2) is 9.97 Å². The molecule has 1 aromatic rings. The van der Waals surface area contributed by atoms with Gasteiger partial charge < -0.3 is 4.74 Å². The molecule has 0 N–H and O–H groups in total. The number of nitrogens with zero attached hydrogens (tertiary/aromatic N) is 3. The molecule has 1 aliphatic heterocycles. The van der Waals surface area contributed by atoms with Gasteiger partial charge in [0, 0.05) is 18.9 Å². The lowest BCUT2D eigenvalue weighted by Gasteiger charge is -2.30. The van der Waals surface area contributed by atoms with Crippen LogP contribution in [0.15, 0.2) is 18.5 Å². The van der Waals surface area contributed by atoms with Crippen molar-refractivity contribution in [2.75, 3.05) is 20.2 Å². The van der Waals surface area contributed by atoms with Crippen LogP contribution < -0.4 is 0 Å². The summed E-state index contributed by atoms with van der Waals surface area (Å²) in [5.74, 6) is 0.694. The zero-order valence-electron chi connectivity index (χ0n) is 10.0. The average molecular weight is 235 g/mol. The summed E-state index contributed by atoms with van der Waals surface area (Å²) < 4.78 is 4.79. The van der Waals surface area contributed by atoms with Crippen molar-refractivity contribution in [2.24, 2.45) is 5.92 Å². The van der Waals surface area contributed by atoms with Crippen LogP contribution in [0.4, 0.5) is 0 Å². The molecule has 1 saturated heterocycles. The van der Waals surface area contributed by atoms with Crippen molar-refractivity contribution in [3.63, 3.8) is 0 Å². The van der Waals surface area contributed by atoms with Crippen molar-refractivity contribution in [1.29, 1.82) is 0 Å². The van der Waals surface area contributed by atoms with Gasteiger partial charge in [0.1, 0.15) is 5.82 Å². The molecule has 0 radical (unpaired) electrons. The number of hydrogen-bond donors (Lipinski definition) is 0. The van der Waals surface area contributed by atoms with Crippen molar-refractivity contribution >= 4 is 5.97 Å². The predicted octanol–water partition coefficient (Wildman–Crippen LogP) is 0.862. The number of aromatic nitrogens is 2. The lowest BCUT2D eigenvalue weighted by molar-refractivity contribution is -0.147. The Bertz CT molecular complexity index is 369. The van der Waals surface area contributed by atoms with Crippen molar-refractivity contribution < 1.29 is 9.53 Å². The van der Waals surface area contributed by atoms with Gasteiger partial charge in [-0.05, 0) is 25.5 Å². The van der Waals surface area contributed by atoms with Crippen LogP contribution in [0.1, 0.15) is 18.7 Å². The molecule has 1 fully saturated rings. The summed E-state index contributed by atoms with van der Waals surface area (Å²) in [5, 5.41) is 0. The Morgan fingerprint density at radius 3 is 3.00 bits per heavy atom. The lowest BCUT2D eigenvalue weighted by atomic mass is 9.98. The fourth-order valence-corrected chi connectivity index (χ4v) is 2.17. The fraction of sp³-hybridized carbons (Fsp3) is 0.583. The Hall–Kier alpha value is -1.49. The Morgan fingerprint density at radius 1 is 1.53 bits per heavy atom. The number of likely N-dealkylation sites (tertiary alicyclic amines) is 1. The maximum Gasteiger partial charge on any atom is 0.309 e. The van der Waals surface area contributed by atoms with E-state index in [1.165, 1.54) is 7.11 Å². The summed E-state index contributed by atoms with van der Waals surface area (Å²) in [7, 11) is 1.45. The molecule has 0 bridgehead atoms. The van der Waals surface area contributed by atoms with E-state index in [1.807, 2.05) is 0 Å². The number of methoxy groups -OCH3 is 1. The average Bonchev–Trinajstić information content (AvgIpc) is 2.39. The van der Waals surface area contributed by atoms with Gasteiger partial charge in [-0.1, -0.05) is 0 Å². The van der Waals surface area contributed by atoms with E-state index in [-0.39, 0.29) is 11.9 Å². The third-order valence-electron chi connectivity index (χ3n) is 3.02. The molecule has 0 spiro atoms. The second kappa shape index (κ2) is 5.72. The van der Waals surface area contributed by atoms with Gasteiger partial charge >= 0.3 is 5.97 Å². The lowest BCUT2D eigenvalue weighted by Crippen LogP contribution is -2.39. The van der Waals surface area contributed by atoms with Crippen LogP contribution in [0.25, 0.3) is 0 Å². The Kier molecular flexibility index (Phi) is 4.03. The van der Waals surface area contributed by atoms with Crippen LogP contribution >= 0.6 is 0 Å². The molecule has 5 nitrogen and oxygen atoms in total. The highest BCUT2D eigenvalue weighted by Gasteiger charge is 2.26. The first kappa shape index (κ1) is 12.0. The highest BCUT2D eigenvalue weighted by atomic mass is 16.5. The van der Waals surface area contributed by atoms with Gasteiger partial charge in [-0.2, -0.15) is 0 Å². The van der Waals surface area contributed by atoms with Crippen LogP contribution in [0.5, 0.6) is 0 Å². The summed E-state index contributed by atoms with van der Waals surface area (Å²) in [5.41, 5.74) is 0. The van der Waals surface area contributed by atoms with Crippen molar-refractivity contribution in [3.8, 4) is 0 Å². The highest BCUT2D eigenvalue weighted by Crippen LogP contribution is 2.18. The first-order valence-corrected chi connectivity index (χ1v) is 5.85. The van der Waals surface area contributed by atoms with E-state index < -0.39 is 0 Å². The minimum Gasteiger partial charge on any atom is -0.469 e. The summed E-state index contributed by atoms with van der Waals surface area (Å²) >= 11 is 0. The van der Waals surface area contributed by atoms with E-state index in [4.69, 9.17) is 4.74 Å². The van der Waals surface area contributed by atoms with E-state index in [2.05, 4.69) is 14.9 Å². The minimum absolute atomic E-state index is 0.00235. The molecule has 1 aliphatic rings. The molecule has 2 heterocycles. The molecule has 0 saturated carbocycles. The fourth-order valence-electron chi connectivity index (χ4n) is 2.17. The number of esters is 1. The molecular formula is C12H17N3O2. The monoisotopic (exact) mass is 235 g/mol. The van der Waals surface area contributed by atoms with E-state index in [9.17, 15) is 4.79 Å².